The van der Waals surface area contributed by atoms with E-state index in [4.69, 9.17) is 5.26 Å². The van der Waals surface area contributed by atoms with E-state index in [1.54, 1.807) is 6.07 Å². The molecule has 0 aromatic heterocycles. The zero-order valence-electron chi connectivity index (χ0n) is 6.85. The number of carboxylic acid groups (broad SMARTS) is 1. The van der Waals surface area contributed by atoms with Crippen LogP contribution >= 0.6 is 0 Å². The van der Waals surface area contributed by atoms with Crippen LogP contribution in [0, 0.1) is 17.1 Å². The summed E-state index contributed by atoms with van der Waals surface area (Å²) in [5.41, 5.74) is -0.496. The third-order valence-corrected chi connectivity index (χ3v) is 1.32. The van der Waals surface area contributed by atoms with Crippen molar-refractivity contribution in [3.8, 4) is 6.07 Å². The molecular formula is C8H3ClCu2FNO2. The standard InChI is InChI=1S/C8H4FNO2.ClH.2Cu/c9-7-2-1-5(4-10)3-6(7)8(11)12;;;/h1-3H,(H,11,12);1H;;/q;;2*+1/p-2. The van der Waals surface area contributed by atoms with Gasteiger partial charge < -0.3 is 22.3 Å². The maximum atomic E-state index is 12.6. The van der Waals surface area contributed by atoms with E-state index < -0.39 is 17.3 Å². The Morgan fingerprint density at radius 1 is 1.40 bits per heavy atom. The van der Waals surface area contributed by atoms with Crippen LogP contribution in [0.25, 0.3) is 0 Å². The molecule has 0 atom stereocenters. The molecule has 0 aliphatic heterocycles. The summed E-state index contributed by atoms with van der Waals surface area (Å²) in [5.74, 6) is -2.52. The van der Waals surface area contributed by atoms with E-state index in [0.717, 1.165) is 12.1 Å². The number of rotatable bonds is 1. The molecule has 0 radical (unpaired) electrons. The van der Waals surface area contributed by atoms with Crippen LogP contribution in [-0.4, -0.2) is 5.97 Å². The van der Waals surface area contributed by atoms with Gasteiger partial charge in [-0.3, -0.25) is 0 Å². The summed E-state index contributed by atoms with van der Waals surface area (Å²) in [5, 5.41) is 18.6. The van der Waals surface area contributed by atoms with Gasteiger partial charge in [-0.15, -0.1) is 0 Å². The van der Waals surface area contributed by atoms with Crippen LogP contribution in [-0.2, 0) is 34.1 Å². The quantitative estimate of drug-likeness (QED) is 0.519. The Kier molecular flexibility index (Phi) is 11.6. The minimum Gasteiger partial charge on any atom is -1.00 e. The van der Waals surface area contributed by atoms with Crippen molar-refractivity contribution in [3.63, 3.8) is 0 Å². The number of nitriles is 1. The summed E-state index contributed by atoms with van der Waals surface area (Å²) >= 11 is 0. The van der Waals surface area contributed by atoms with E-state index in [2.05, 4.69) is 0 Å². The molecule has 88 valence electrons. The molecule has 1 aromatic carbocycles. The Labute approximate surface area is 113 Å². The number of aromatic carboxylic acids is 1. The Balaban J connectivity index is -0.000000480. The van der Waals surface area contributed by atoms with Crippen LogP contribution in [0.1, 0.15) is 15.9 Å². The smallest absolute Gasteiger partial charge is 1.00 e. The Hall–Kier alpha value is -0.561. The number of benzene rings is 1. The van der Waals surface area contributed by atoms with Crippen molar-refractivity contribution >= 4 is 5.97 Å². The first-order chi connectivity index (χ1) is 5.65. The van der Waals surface area contributed by atoms with Crippen molar-refractivity contribution in [2.75, 3.05) is 0 Å². The molecule has 1 rings (SSSR count). The molecule has 0 amide bonds. The average molecular weight is 327 g/mol. The molecule has 1 aromatic rings. The summed E-state index contributed by atoms with van der Waals surface area (Å²) in [7, 11) is 0. The van der Waals surface area contributed by atoms with E-state index in [1.807, 2.05) is 0 Å². The average Bonchev–Trinajstić information content (AvgIpc) is 2.05. The first-order valence-electron chi connectivity index (χ1n) is 3.06. The summed E-state index contributed by atoms with van der Waals surface area (Å²) in [4.78, 5) is 10.2. The Morgan fingerprint density at radius 3 is 2.33 bits per heavy atom. The molecule has 0 aliphatic rings. The molecule has 0 unspecified atom stereocenters. The number of carbonyl (C=O) groups excluding carboxylic acids is 1. The van der Waals surface area contributed by atoms with Crippen molar-refractivity contribution in [3.05, 3.63) is 35.1 Å². The van der Waals surface area contributed by atoms with Gasteiger partial charge in [0.1, 0.15) is 5.82 Å². The first-order valence-corrected chi connectivity index (χ1v) is 3.06. The molecule has 0 aliphatic carbocycles. The monoisotopic (exact) mass is 325 g/mol. The second-order valence-corrected chi connectivity index (χ2v) is 2.09. The maximum Gasteiger partial charge on any atom is 1.00 e. The summed E-state index contributed by atoms with van der Waals surface area (Å²) in [6, 6.07) is 4.74. The van der Waals surface area contributed by atoms with Crippen LogP contribution in [0.5, 0.6) is 0 Å². The summed E-state index contributed by atoms with van der Waals surface area (Å²) in [6.45, 7) is 0. The molecule has 3 nitrogen and oxygen atoms in total. The van der Waals surface area contributed by atoms with Gasteiger partial charge in [-0.05, 0) is 18.2 Å². The molecular weight excluding hydrogens is 324 g/mol. The third-order valence-electron chi connectivity index (χ3n) is 1.32. The van der Waals surface area contributed by atoms with Crippen molar-refractivity contribution in [1.29, 1.82) is 5.26 Å². The van der Waals surface area contributed by atoms with Crippen molar-refractivity contribution in [1.82, 2.24) is 0 Å². The van der Waals surface area contributed by atoms with Gasteiger partial charge in [-0.25, -0.2) is 4.39 Å². The molecule has 0 fully saturated rings. The van der Waals surface area contributed by atoms with Gasteiger partial charge in [-0.1, -0.05) is 0 Å². The van der Waals surface area contributed by atoms with Gasteiger partial charge in [0.2, 0.25) is 0 Å². The van der Waals surface area contributed by atoms with E-state index in [0.29, 0.717) is 0 Å². The second kappa shape index (κ2) is 8.72. The van der Waals surface area contributed by atoms with Gasteiger partial charge in [0.25, 0.3) is 0 Å². The van der Waals surface area contributed by atoms with Gasteiger partial charge >= 0.3 is 34.1 Å². The third kappa shape index (κ3) is 5.17. The summed E-state index contributed by atoms with van der Waals surface area (Å²) in [6.07, 6.45) is 0. The SMILES string of the molecule is N#Cc1ccc(F)c(C(=O)[O-])c1.[Cl-].[Cu+].[Cu+]. The Bertz CT molecular complexity index is 381. The van der Waals surface area contributed by atoms with Gasteiger partial charge in [0.05, 0.1) is 17.6 Å². The first kappa shape index (κ1) is 19.9. The van der Waals surface area contributed by atoms with E-state index in [9.17, 15) is 14.3 Å². The number of nitrogens with zero attached hydrogens (tertiary/aromatic N) is 1. The van der Waals surface area contributed by atoms with E-state index in [1.165, 1.54) is 6.07 Å². The topological polar surface area (TPSA) is 63.9 Å². The van der Waals surface area contributed by atoms with Crippen LogP contribution in [0.2, 0.25) is 0 Å². The zero-order valence-corrected chi connectivity index (χ0v) is 9.49. The van der Waals surface area contributed by atoms with Crippen LogP contribution < -0.4 is 17.5 Å². The molecule has 0 bridgehead atoms. The van der Waals surface area contributed by atoms with Gasteiger partial charge in [0.15, 0.2) is 0 Å². The van der Waals surface area contributed by atoms with E-state index in [-0.39, 0.29) is 52.1 Å². The molecule has 0 N–H and O–H groups in total. The number of hydrogen-bond acceptors (Lipinski definition) is 3. The zero-order chi connectivity index (χ0) is 9.14. The summed E-state index contributed by atoms with van der Waals surface area (Å²) < 4.78 is 12.6. The van der Waals surface area contributed by atoms with Crippen molar-refractivity contribution < 1.29 is 60.8 Å². The minimum atomic E-state index is -1.62. The minimum absolute atomic E-state index is 0. The molecule has 0 heterocycles. The van der Waals surface area contributed by atoms with Crippen molar-refractivity contribution in [2.24, 2.45) is 0 Å². The molecule has 0 spiro atoms. The number of halogens is 2. The predicted octanol–water partition coefficient (Wildman–Crippen LogP) is -2.94. The molecule has 7 heteroatoms. The fourth-order valence-electron chi connectivity index (χ4n) is 0.751. The fourth-order valence-corrected chi connectivity index (χ4v) is 0.751. The van der Waals surface area contributed by atoms with E-state index >= 15 is 0 Å². The van der Waals surface area contributed by atoms with Crippen LogP contribution in [0.4, 0.5) is 4.39 Å². The van der Waals surface area contributed by atoms with Gasteiger partial charge in [0, 0.05) is 5.56 Å². The number of hydrogen-bond donors (Lipinski definition) is 0. The normalized spacial score (nSPS) is 7.20. The number of carbonyl (C=O) groups is 1. The molecule has 15 heavy (non-hydrogen) atoms. The van der Waals surface area contributed by atoms with Gasteiger partial charge in [-0.2, -0.15) is 5.26 Å². The number of carboxylic acids is 1. The molecule has 0 saturated heterocycles. The van der Waals surface area contributed by atoms with Crippen LogP contribution in [0.15, 0.2) is 18.2 Å². The Morgan fingerprint density at radius 2 is 1.93 bits per heavy atom. The predicted molar refractivity (Wildman–Crippen MR) is 35.4 cm³/mol. The fraction of sp³-hybridized carbons (Fsp3) is 0. The maximum absolute atomic E-state index is 12.6. The molecule has 0 saturated carbocycles. The van der Waals surface area contributed by atoms with Crippen molar-refractivity contribution in [2.45, 2.75) is 0 Å². The second-order valence-electron chi connectivity index (χ2n) is 2.09. The van der Waals surface area contributed by atoms with Crippen LogP contribution in [0.3, 0.4) is 0 Å². The largest absolute Gasteiger partial charge is 1.00 e.